The van der Waals surface area contributed by atoms with Crippen molar-refractivity contribution < 1.29 is 9.90 Å². The van der Waals surface area contributed by atoms with Gasteiger partial charge in [0.1, 0.15) is 5.69 Å². The molecule has 11 heteroatoms. The molecule has 44 heavy (non-hydrogen) atoms. The SMILES string of the molecule is Cc1cn(-c2cc(NC(=O)c3cc(C#Cc4cnc5c(Nc6cn[nH]c6)cccn45)c(C)cc3Cl)cc(C(C)(C)O)c2)cn1. The number of fused-ring (bicyclic) bond motifs is 1. The van der Waals surface area contributed by atoms with Gasteiger partial charge in [-0.3, -0.25) is 14.3 Å². The Kier molecular flexibility index (Phi) is 7.43. The fourth-order valence-electron chi connectivity index (χ4n) is 4.73. The van der Waals surface area contributed by atoms with Gasteiger partial charge in [-0.05, 0) is 87.2 Å². The summed E-state index contributed by atoms with van der Waals surface area (Å²) in [5.41, 5.74) is 6.38. The van der Waals surface area contributed by atoms with Crippen LogP contribution in [0.5, 0.6) is 0 Å². The van der Waals surface area contributed by atoms with Crippen LogP contribution in [0, 0.1) is 25.7 Å². The van der Waals surface area contributed by atoms with Crippen LogP contribution in [-0.4, -0.2) is 40.1 Å². The third-order valence-corrected chi connectivity index (χ3v) is 7.40. The number of carbonyl (C=O) groups is 1. The highest BCUT2D eigenvalue weighted by atomic mass is 35.5. The number of nitrogens with zero attached hydrogens (tertiary/aromatic N) is 5. The average molecular weight is 605 g/mol. The smallest absolute Gasteiger partial charge is 0.257 e. The number of hydrogen-bond acceptors (Lipinski definition) is 6. The molecule has 2 aromatic carbocycles. The van der Waals surface area contributed by atoms with Crippen molar-refractivity contribution in [1.29, 1.82) is 0 Å². The molecule has 0 radical (unpaired) electrons. The molecule has 6 rings (SSSR count). The minimum Gasteiger partial charge on any atom is -0.386 e. The van der Waals surface area contributed by atoms with E-state index in [0.717, 1.165) is 28.3 Å². The Labute approximate surface area is 258 Å². The van der Waals surface area contributed by atoms with E-state index in [1.165, 1.54) is 0 Å². The average Bonchev–Trinajstić information content (AvgIpc) is 3.74. The zero-order chi connectivity index (χ0) is 31.0. The largest absolute Gasteiger partial charge is 0.386 e. The first-order chi connectivity index (χ1) is 21.0. The molecule has 0 unspecified atom stereocenters. The van der Waals surface area contributed by atoms with Crippen LogP contribution in [0.15, 0.2) is 79.8 Å². The molecular weight excluding hydrogens is 576 g/mol. The first kappa shape index (κ1) is 28.7. The van der Waals surface area contributed by atoms with Crippen LogP contribution in [0.3, 0.4) is 0 Å². The molecule has 0 saturated heterocycles. The van der Waals surface area contributed by atoms with E-state index in [9.17, 15) is 9.90 Å². The van der Waals surface area contributed by atoms with Crippen molar-refractivity contribution in [3.63, 3.8) is 0 Å². The summed E-state index contributed by atoms with van der Waals surface area (Å²) in [4.78, 5) is 22.4. The third kappa shape index (κ3) is 5.92. The predicted octanol–water partition coefficient (Wildman–Crippen LogP) is 6.14. The lowest BCUT2D eigenvalue weighted by atomic mass is 9.97. The van der Waals surface area contributed by atoms with Crippen LogP contribution in [0.25, 0.3) is 11.3 Å². The number of rotatable bonds is 6. The number of anilines is 3. The van der Waals surface area contributed by atoms with Crippen molar-refractivity contribution in [2.24, 2.45) is 0 Å². The zero-order valence-electron chi connectivity index (χ0n) is 24.5. The van der Waals surface area contributed by atoms with Gasteiger partial charge >= 0.3 is 0 Å². The van der Waals surface area contributed by atoms with Crippen LogP contribution in [0.4, 0.5) is 17.1 Å². The first-order valence-corrected chi connectivity index (χ1v) is 14.2. The van der Waals surface area contributed by atoms with Crippen LogP contribution in [0.1, 0.15) is 52.3 Å². The van der Waals surface area contributed by atoms with Crippen molar-refractivity contribution >= 4 is 40.2 Å². The highest BCUT2D eigenvalue weighted by Crippen LogP contribution is 2.29. The van der Waals surface area contributed by atoms with Gasteiger partial charge in [-0.1, -0.05) is 17.5 Å². The molecule has 6 aromatic rings. The quantitative estimate of drug-likeness (QED) is 0.169. The number of nitrogens with one attached hydrogen (secondary N) is 3. The summed E-state index contributed by atoms with van der Waals surface area (Å²) in [5.74, 6) is 5.98. The summed E-state index contributed by atoms with van der Waals surface area (Å²) in [6.07, 6.45) is 10.6. The molecule has 10 nitrogen and oxygen atoms in total. The Balaban J connectivity index is 1.30. The number of aromatic nitrogens is 6. The van der Waals surface area contributed by atoms with Crippen molar-refractivity contribution in [3.05, 3.63) is 118 Å². The van der Waals surface area contributed by atoms with Crippen molar-refractivity contribution in [2.75, 3.05) is 10.6 Å². The van der Waals surface area contributed by atoms with Gasteiger partial charge in [0, 0.05) is 35.5 Å². The summed E-state index contributed by atoms with van der Waals surface area (Å²) in [7, 11) is 0. The lowest BCUT2D eigenvalue weighted by Gasteiger charge is -2.21. The molecule has 0 aliphatic heterocycles. The molecule has 4 N–H and O–H groups in total. The van der Waals surface area contributed by atoms with Crippen LogP contribution in [-0.2, 0) is 5.60 Å². The van der Waals surface area contributed by atoms with Crippen LogP contribution >= 0.6 is 11.6 Å². The number of carbonyl (C=O) groups excluding carboxylic acids is 1. The maximum atomic E-state index is 13.5. The summed E-state index contributed by atoms with van der Waals surface area (Å²) in [6.45, 7) is 7.18. The van der Waals surface area contributed by atoms with Gasteiger partial charge in [0.15, 0.2) is 5.65 Å². The molecule has 0 aliphatic rings. The third-order valence-electron chi connectivity index (χ3n) is 7.09. The molecule has 1 amide bonds. The molecular formula is C33H29ClN8O2. The number of benzene rings is 2. The van der Waals surface area contributed by atoms with E-state index in [1.807, 2.05) is 59.5 Å². The van der Waals surface area contributed by atoms with Crippen molar-refractivity contribution in [3.8, 4) is 17.5 Å². The van der Waals surface area contributed by atoms with Crippen LogP contribution in [0.2, 0.25) is 5.02 Å². The van der Waals surface area contributed by atoms with E-state index in [4.69, 9.17) is 11.6 Å². The predicted molar refractivity (Wildman–Crippen MR) is 171 cm³/mol. The Bertz CT molecular complexity index is 2070. The monoisotopic (exact) mass is 604 g/mol. The normalized spacial score (nSPS) is 11.3. The molecule has 0 bridgehead atoms. The van der Waals surface area contributed by atoms with Crippen molar-refractivity contribution in [1.82, 2.24) is 29.1 Å². The van der Waals surface area contributed by atoms with E-state index in [2.05, 4.69) is 42.6 Å². The van der Waals surface area contributed by atoms with Crippen molar-refractivity contribution in [2.45, 2.75) is 33.3 Å². The Morgan fingerprint density at radius 2 is 1.91 bits per heavy atom. The minimum atomic E-state index is -1.14. The fraction of sp³-hybridized carbons (Fsp3) is 0.152. The van der Waals surface area contributed by atoms with Crippen LogP contribution < -0.4 is 10.6 Å². The van der Waals surface area contributed by atoms with Gasteiger partial charge in [0.2, 0.25) is 0 Å². The topological polar surface area (TPSA) is 125 Å². The van der Waals surface area contributed by atoms with E-state index in [1.54, 1.807) is 57.0 Å². The maximum Gasteiger partial charge on any atom is 0.257 e. The lowest BCUT2D eigenvalue weighted by Crippen LogP contribution is -2.18. The molecule has 0 spiro atoms. The van der Waals surface area contributed by atoms with Gasteiger partial charge in [0.05, 0.1) is 52.0 Å². The van der Waals surface area contributed by atoms with E-state index < -0.39 is 11.5 Å². The number of amides is 1. The van der Waals surface area contributed by atoms with Gasteiger partial charge < -0.3 is 20.3 Å². The number of halogens is 1. The molecule has 0 atom stereocenters. The van der Waals surface area contributed by atoms with E-state index >= 15 is 0 Å². The highest BCUT2D eigenvalue weighted by molar-refractivity contribution is 6.34. The second kappa shape index (κ2) is 11.4. The van der Waals surface area contributed by atoms with Gasteiger partial charge in [-0.25, -0.2) is 9.97 Å². The van der Waals surface area contributed by atoms with E-state index in [0.29, 0.717) is 33.2 Å². The van der Waals surface area contributed by atoms with Gasteiger partial charge in [-0.15, -0.1) is 0 Å². The molecule has 0 aliphatic carbocycles. The number of aliphatic hydroxyl groups is 1. The Morgan fingerprint density at radius 3 is 2.64 bits per heavy atom. The second-order valence-electron chi connectivity index (χ2n) is 11.0. The molecule has 220 valence electrons. The summed E-state index contributed by atoms with van der Waals surface area (Å²) >= 11 is 6.56. The summed E-state index contributed by atoms with van der Waals surface area (Å²) in [5, 5.41) is 24.0. The Morgan fingerprint density at radius 1 is 1.07 bits per heavy atom. The number of aromatic amines is 1. The maximum absolute atomic E-state index is 13.5. The lowest BCUT2D eigenvalue weighted by molar-refractivity contribution is 0.0785. The number of pyridine rings is 1. The first-order valence-electron chi connectivity index (χ1n) is 13.8. The van der Waals surface area contributed by atoms with Gasteiger partial charge in [0.25, 0.3) is 5.91 Å². The minimum absolute atomic E-state index is 0.278. The molecule has 4 heterocycles. The summed E-state index contributed by atoms with van der Waals surface area (Å²) in [6, 6.07) is 12.7. The van der Waals surface area contributed by atoms with Gasteiger partial charge in [-0.2, -0.15) is 5.10 Å². The van der Waals surface area contributed by atoms with E-state index in [-0.39, 0.29) is 5.56 Å². The molecule has 0 fully saturated rings. The number of H-pyrrole nitrogens is 1. The molecule has 0 saturated carbocycles. The summed E-state index contributed by atoms with van der Waals surface area (Å²) < 4.78 is 3.73. The Hall–Kier alpha value is -5.37. The molecule has 4 aromatic heterocycles. The number of aryl methyl sites for hydroxylation is 2. The number of imidazole rings is 2. The fourth-order valence-corrected chi connectivity index (χ4v) is 5.04. The standard InChI is InChI=1S/C33H29ClN8O2/c1-20-10-29(34)28(32(43)40-24-12-23(33(3,4)44)13-27(14-24)41-18-21(2)36-19-41)11-22(20)7-8-26-17-35-31-30(6-5-9-42(26)31)39-25-15-37-38-16-25/h5-6,9-19,39,44H,1-4H3,(H,37,38)(H,40,43). The number of hydrogen-bond donors (Lipinski definition) is 4. The second-order valence-corrected chi connectivity index (χ2v) is 11.4. The highest BCUT2D eigenvalue weighted by Gasteiger charge is 2.20. The zero-order valence-corrected chi connectivity index (χ0v) is 25.2.